The van der Waals surface area contributed by atoms with Gasteiger partial charge in [0.05, 0.1) is 17.7 Å². The average molecular weight is 447 g/mol. The molecule has 6 heteroatoms. The normalized spacial score (nSPS) is 13.3. The topological polar surface area (TPSA) is 71.7 Å². The Hall–Kier alpha value is -4.58. The lowest BCUT2D eigenvalue weighted by molar-refractivity contribution is 0.0642. The molecule has 0 spiro atoms. The minimum atomic E-state index is -0.474. The van der Waals surface area contributed by atoms with Crippen molar-refractivity contribution in [1.82, 2.24) is 9.47 Å². The van der Waals surface area contributed by atoms with Gasteiger partial charge in [0.1, 0.15) is 5.49 Å². The number of imide groups is 1. The van der Waals surface area contributed by atoms with Crippen LogP contribution in [0.15, 0.2) is 108 Å². The maximum atomic E-state index is 13.0. The van der Waals surface area contributed by atoms with Crippen molar-refractivity contribution in [3.8, 4) is 0 Å². The predicted molar refractivity (Wildman–Crippen MR) is 127 cm³/mol. The van der Waals surface area contributed by atoms with Crippen molar-refractivity contribution >= 4 is 17.7 Å². The number of hydrogen-bond donors (Lipinski definition) is 0. The molecule has 0 bridgehead atoms. The second-order valence-electron chi connectivity index (χ2n) is 8.03. The number of rotatable bonds is 5. The van der Waals surface area contributed by atoms with Gasteiger partial charge in [-0.1, -0.05) is 66.7 Å². The second-order valence-corrected chi connectivity index (χ2v) is 8.03. The van der Waals surface area contributed by atoms with Crippen molar-refractivity contribution in [2.75, 3.05) is 0 Å². The van der Waals surface area contributed by atoms with Crippen LogP contribution in [0, 0.1) is 0 Å². The van der Waals surface area contributed by atoms with E-state index in [1.807, 2.05) is 83.6 Å². The summed E-state index contributed by atoms with van der Waals surface area (Å²) in [6.45, 7) is 0.754. The first kappa shape index (κ1) is 21.3. The first-order valence-corrected chi connectivity index (χ1v) is 10.9. The molecule has 3 aromatic carbocycles. The van der Waals surface area contributed by atoms with Gasteiger partial charge in [-0.3, -0.25) is 19.3 Å². The molecule has 0 unspecified atom stereocenters. The number of aromatic nitrogens is 1. The molecule has 0 saturated heterocycles. The van der Waals surface area contributed by atoms with Crippen LogP contribution in [-0.4, -0.2) is 27.2 Å². The summed E-state index contributed by atoms with van der Waals surface area (Å²) in [7, 11) is 0. The van der Waals surface area contributed by atoms with Crippen molar-refractivity contribution in [1.29, 1.82) is 0 Å². The van der Waals surface area contributed by atoms with E-state index < -0.39 is 11.8 Å². The maximum Gasteiger partial charge on any atom is 0.278 e. The van der Waals surface area contributed by atoms with Gasteiger partial charge in [-0.25, -0.2) is 0 Å². The van der Waals surface area contributed by atoms with Gasteiger partial charge in [0.2, 0.25) is 0 Å². The van der Waals surface area contributed by atoms with E-state index in [1.165, 1.54) is 17.0 Å². The predicted octanol–water partition coefficient (Wildman–Crippen LogP) is 4.07. The molecule has 1 aromatic heterocycles. The van der Waals surface area contributed by atoms with Crippen LogP contribution >= 0.6 is 0 Å². The van der Waals surface area contributed by atoms with Crippen LogP contribution in [0.5, 0.6) is 0 Å². The van der Waals surface area contributed by atoms with E-state index in [4.69, 9.17) is 0 Å². The number of benzene rings is 3. The van der Waals surface area contributed by atoms with Crippen molar-refractivity contribution in [3.05, 3.63) is 137 Å². The highest BCUT2D eigenvalue weighted by atomic mass is 16.2. The van der Waals surface area contributed by atoms with Gasteiger partial charge in [0.15, 0.2) is 0 Å². The Labute approximate surface area is 196 Å². The molecule has 0 aliphatic carbocycles. The summed E-state index contributed by atoms with van der Waals surface area (Å²) < 4.78 is 1.89. The Balaban J connectivity index is 1.42. The van der Waals surface area contributed by atoms with Gasteiger partial charge < -0.3 is 4.57 Å². The quantitative estimate of drug-likeness (QED) is 0.433. The summed E-state index contributed by atoms with van der Waals surface area (Å²) in [5.74, 6) is -1.24. The number of amides is 3. The van der Waals surface area contributed by atoms with Crippen molar-refractivity contribution in [3.63, 3.8) is 0 Å². The molecule has 3 amide bonds. The third-order valence-electron chi connectivity index (χ3n) is 5.73. The van der Waals surface area contributed by atoms with E-state index in [2.05, 4.69) is 4.99 Å². The molecule has 6 nitrogen and oxygen atoms in total. The number of fused-ring (bicyclic) bond motifs is 1. The molecular weight excluding hydrogens is 426 g/mol. The molecule has 0 radical (unpaired) electrons. The minimum Gasteiger partial charge on any atom is -0.328 e. The first-order valence-electron chi connectivity index (χ1n) is 10.9. The molecule has 0 N–H and O–H groups in total. The Morgan fingerprint density at radius 3 is 2.00 bits per heavy atom. The number of carbonyl (C=O) groups excluding carboxylic acids is 3. The van der Waals surface area contributed by atoms with E-state index in [1.54, 1.807) is 12.1 Å². The zero-order chi connectivity index (χ0) is 23.5. The van der Waals surface area contributed by atoms with Crippen molar-refractivity contribution < 1.29 is 14.4 Å². The fraction of sp³-hybridized carbons (Fsp3) is 0.0714. The Morgan fingerprint density at radius 2 is 1.29 bits per heavy atom. The molecule has 0 saturated carbocycles. The lowest BCUT2D eigenvalue weighted by Gasteiger charge is -2.13. The Bertz CT molecular complexity index is 1460. The molecule has 0 fully saturated rings. The SMILES string of the molecule is O=C(N=c1ccccn1Cc1ccccc1)c1ccc2c(c1)C(=O)N(Cc1ccccc1)C2=O. The van der Waals surface area contributed by atoms with E-state index in [0.717, 1.165) is 11.1 Å². The smallest absolute Gasteiger partial charge is 0.278 e. The monoisotopic (exact) mass is 447 g/mol. The van der Waals surface area contributed by atoms with E-state index in [9.17, 15) is 14.4 Å². The summed E-state index contributed by atoms with van der Waals surface area (Å²) in [6, 6.07) is 29.2. The molecule has 5 rings (SSSR count). The molecule has 1 aliphatic heterocycles. The molecule has 2 heterocycles. The van der Waals surface area contributed by atoms with E-state index in [-0.39, 0.29) is 23.6 Å². The summed E-state index contributed by atoms with van der Waals surface area (Å²) in [6.07, 6.45) is 1.87. The summed E-state index contributed by atoms with van der Waals surface area (Å²) in [4.78, 5) is 44.2. The maximum absolute atomic E-state index is 13.0. The molecule has 166 valence electrons. The zero-order valence-electron chi connectivity index (χ0n) is 18.3. The highest BCUT2D eigenvalue weighted by Gasteiger charge is 2.35. The first-order chi connectivity index (χ1) is 16.6. The van der Waals surface area contributed by atoms with Crippen LogP contribution in [-0.2, 0) is 13.1 Å². The van der Waals surface area contributed by atoms with E-state index in [0.29, 0.717) is 17.6 Å². The Morgan fingerprint density at radius 1 is 0.676 bits per heavy atom. The van der Waals surface area contributed by atoms with Crippen molar-refractivity contribution in [2.45, 2.75) is 13.1 Å². The molecule has 0 atom stereocenters. The lowest BCUT2D eigenvalue weighted by atomic mass is 10.1. The number of pyridine rings is 1. The van der Waals surface area contributed by atoms with Gasteiger partial charge >= 0.3 is 0 Å². The largest absolute Gasteiger partial charge is 0.328 e. The molecule has 4 aromatic rings. The summed E-state index contributed by atoms with van der Waals surface area (Å²) in [5.41, 5.74) is 3.24. The minimum absolute atomic E-state index is 0.185. The highest BCUT2D eigenvalue weighted by Crippen LogP contribution is 2.26. The summed E-state index contributed by atoms with van der Waals surface area (Å²) in [5, 5.41) is 0. The van der Waals surface area contributed by atoms with Crippen LogP contribution < -0.4 is 5.49 Å². The third-order valence-corrected chi connectivity index (χ3v) is 5.73. The second kappa shape index (κ2) is 9.11. The number of nitrogens with zero attached hydrogens (tertiary/aromatic N) is 3. The zero-order valence-corrected chi connectivity index (χ0v) is 18.3. The fourth-order valence-corrected chi connectivity index (χ4v) is 3.98. The van der Waals surface area contributed by atoms with Gasteiger partial charge in [0, 0.05) is 18.3 Å². The van der Waals surface area contributed by atoms with Crippen LogP contribution in [0.3, 0.4) is 0 Å². The summed E-state index contributed by atoms with van der Waals surface area (Å²) >= 11 is 0. The van der Waals surface area contributed by atoms with Crippen LogP contribution in [0.25, 0.3) is 0 Å². The standard InChI is InChI=1S/C28H21N3O3/c32-26(29-25-13-7-8-16-30(25)18-20-9-3-1-4-10-20)22-14-15-23-24(17-22)28(34)31(27(23)33)19-21-11-5-2-6-12-21/h1-17H,18-19H2. The van der Waals surface area contributed by atoms with E-state index >= 15 is 0 Å². The number of carbonyl (C=O) groups is 3. The lowest BCUT2D eigenvalue weighted by Crippen LogP contribution is -2.29. The molecular formula is C28H21N3O3. The van der Waals surface area contributed by atoms with Crippen LogP contribution in [0.4, 0.5) is 0 Å². The Kier molecular flexibility index (Phi) is 5.70. The fourth-order valence-electron chi connectivity index (χ4n) is 3.98. The van der Waals surface area contributed by atoms with Crippen molar-refractivity contribution in [2.24, 2.45) is 4.99 Å². The molecule has 34 heavy (non-hydrogen) atoms. The van der Waals surface area contributed by atoms with Gasteiger partial charge in [-0.15, -0.1) is 0 Å². The molecule has 1 aliphatic rings. The third kappa shape index (κ3) is 4.21. The number of hydrogen-bond acceptors (Lipinski definition) is 3. The highest BCUT2D eigenvalue weighted by molar-refractivity contribution is 6.22. The van der Waals surface area contributed by atoms with Crippen LogP contribution in [0.1, 0.15) is 42.2 Å². The van der Waals surface area contributed by atoms with Gasteiger partial charge in [0.25, 0.3) is 17.7 Å². The van der Waals surface area contributed by atoms with Gasteiger partial charge in [-0.05, 0) is 41.5 Å². The van der Waals surface area contributed by atoms with Gasteiger partial charge in [-0.2, -0.15) is 4.99 Å². The average Bonchev–Trinajstić information content (AvgIpc) is 3.11. The van der Waals surface area contributed by atoms with Crippen LogP contribution in [0.2, 0.25) is 0 Å².